The fourth-order valence-corrected chi connectivity index (χ4v) is 3.65. The van der Waals surface area contributed by atoms with Gasteiger partial charge in [-0.1, -0.05) is 0 Å². The number of phenolic OH excluding ortho intramolecular Hbond substituents is 1. The Morgan fingerprint density at radius 1 is 1.37 bits per heavy atom. The van der Waals surface area contributed by atoms with E-state index < -0.39 is 11.7 Å². The number of hydrogen-bond donors (Lipinski definition) is 4. The quantitative estimate of drug-likeness (QED) is 0.505. The number of aromatic nitrogens is 3. The number of halogens is 2. The number of carbonyl (C=O) groups excluding carboxylic acids is 1. The maximum absolute atomic E-state index is 14.5. The smallest absolute Gasteiger partial charge is 0.253 e. The van der Waals surface area contributed by atoms with Gasteiger partial charge in [0.05, 0.1) is 22.2 Å². The second-order valence-electron chi connectivity index (χ2n) is 7.03. The summed E-state index contributed by atoms with van der Waals surface area (Å²) in [6, 6.07) is 5.58. The number of pyridine rings is 1. The van der Waals surface area contributed by atoms with E-state index in [0.29, 0.717) is 11.1 Å². The Morgan fingerprint density at radius 2 is 2.10 bits per heavy atom. The molecule has 8 nitrogen and oxygen atoms in total. The molecule has 1 fully saturated rings. The summed E-state index contributed by atoms with van der Waals surface area (Å²) in [7, 11) is 0. The first-order valence-electron chi connectivity index (χ1n) is 9.29. The number of carbonyl (C=O) groups is 1. The van der Waals surface area contributed by atoms with Crippen LogP contribution in [0.4, 0.5) is 4.39 Å². The number of benzene rings is 1. The molecule has 4 rings (SSSR count). The van der Waals surface area contributed by atoms with Gasteiger partial charge in [0.15, 0.2) is 5.65 Å². The normalized spacial score (nSPS) is 14.2. The molecule has 1 aliphatic heterocycles. The SMILES string of the molecule is Cc1[nH]nc2nc(-c3ccc(O)cc3F)c(C#N)c(C(=O)NC3CCNCC3)c12.Cl. The summed E-state index contributed by atoms with van der Waals surface area (Å²) < 4.78 is 14.5. The van der Waals surface area contributed by atoms with Crippen molar-refractivity contribution in [3.8, 4) is 23.1 Å². The Balaban J connectivity index is 0.00000256. The van der Waals surface area contributed by atoms with Crippen LogP contribution in [0.1, 0.15) is 34.5 Å². The lowest BCUT2D eigenvalue weighted by Crippen LogP contribution is -2.43. The van der Waals surface area contributed by atoms with Gasteiger partial charge in [0, 0.05) is 23.4 Å². The Kier molecular flexibility index (Phi) is 6.20. The number of hydrogen-bond acceptors (Lipinski definition) is 6. The number of nitrogens with one attached hydrogen (secondary N) is 3. The van der Waals surface area contributed by atoms with Crippen LogP contribution in [-0.4, -0.2) is 45.3 Å². The highest BCUT2D eigenvalue weighted by Crippen LogP contribution is 2.33. The second-order valence-corrected chi connectivity index (χ2v) is 7.03. The van der Waals surface area contributed by atoms with Crippen molar-refractivity contribution >= 4 is 29.3 Å². The molecule has 0 spiro atoms. The van der Waals surface area contributed by atoms with Gasteiger partial charge in [-0.25, -0.2) is 9.37 Å². The molecular weight excluding hydrogens is 411 g/mol. The molecule has 156 valence electrons. The molecule has 1 aliphatic rings. The molecule has 4 N–H and O–H groups in total. The zero-order chi connectivity index (χ0) is 20.5. The molecule has 0 bridgehead atoms. The minimum atomic E-state index is -0.745. The minimum absolute atomic E-state index is 0. The number of amides is 1. The van der Waals surface area contributed by atoms with Crippen LogP contribution >= 0.6 is 12.4 Å². The summed E-state index contributed by atoms with van der Waals surface area (Å²) in [4.78, 5) is 17.5. The molecule has 0 saturated carbocycles. The van der Waals surface area contributed by atoms with Gasteiger partial charge in [0.25, 0.3) is 5.91 Å². The van der Waals surface area contributed by atoms with Crippen LogP contribution < -0.4 is 10.6 Å². The first-order valence-corrected chi connectivity index (χ1v) is 9.29. The number of rotatable bonds is 3. The molecule has 0 unspecified atom stereocenters. The monoisotopic (exact) mass is 430 g/mol. The predicted molar refractivity (Wildman–Crippen MR) is 111 cm³/mol. The number of phenols is 1. The maximum atomic E-state index is 14.5. The Hall–Kier alpha value is -3.22. The van der Waals surface area contributed by atoms with Crippen LogP contribution in [-0.2, 0) is 0 Å². The number of H-pyrrole nitrogens is 1. The summed E-state index contributed by atoms with van der Waals surface area (Å²) in [6.45, 7) is 3.34. The van der Waals surface area contributed by atoms with Crippen molar-refractivity contribution in [2.24, 2.45) is 0 Å². The molecular formula is C20H20ClFN6O2. The number of aryl methyl sites for hydroxylation is 1. The van der Waals surface area contributed by atoms with E-state index in [-0.39, 0.29) is 52.2 Å². The predicted octanol–water partition coefficient (Wildman–Crippen LogP) is 2.55. The number of fused-ring (bicyclic) bond motifs is 1. The van der Waals surface area contributed by atoms with E-state index in [0.717, 1.165) is 32.0 Å². The van der Waals surface area contributed by atoms with Crippen molar-refractivity contribution in [1.82, 2.24) is 25.8 Å². The lowest BCUT2D eigenvalue weighted by Gasteiger charge is -2.24. The van der Waals surface area contributed by atoms with E-state index >= 15 is 0 Å². The van der Waals surface area contributed by atoms with E-state index in [2.05, 4.69) is 25.8 Å². The highest BCUT2D eigenvalue weighted by atomic mass is 35.5. The minimum Gasteiger partial charge on any atom is -0.508 e. The summed E-state index contributed by atoms with van der Waals surface area (Å²) in [5.74, 6) is -1.40. The van der Waals surface area contributed by atoms with Gasteiger partial charge >= 0.3 is 0 Å². The summed E-state index contributed by atoms with van der Waals surface area (Å²) in [5, 5.41) is 32.9. The highest BCUT2D eigenvalue weighted by Gasteiger charge is 2.27. The van der Waals surface area contributed by atoms with Gasteiger partial charge in [0.2, 0.25) is 0 Å². The van der Waals surface area contributed by atoms with Gasteiger partial charge in [0.1, 0.15) is 17.6 Å². The topological polar surface area (TPSA) is 127 Å². The average molecular weight is 431 g/mol. The number of aromatic hydroxyl groups is 1. The fourth-order valence-electron chi connectivity index (χ4n) is 3.65. The number of piperidine rings is 1. The van der Waals surface area contributed by atoms with E-state index in [1.165, 1.54) is 12.1 Å². The van der Waals surface area contributed by atoms with E-state index in [1.807, 2.05) is 6.07 Å². The molecule has 3 aromatic rings. The zero-order valence-corrected chi connectivity index (χ0v) is 16.9. The molecule has 1 saturated heterocycles. The van der Waals surface area contributed by atoms with Crippen molar-refractivity contribution in [3.63, 3.8) is 0 Å². The molecule has 2 aromatic heterocycles. The van der Waals surface area contributed by atoms with Crippen molar-refractivity contribution in [2.75, 3.05) is 13.1 Å². The third-order valence-electron chi connectivity index (χ3n) is 5.10. The standard InChI is InChI=1S/C20H19FN6O2.ClH/c1-10-16-17(20(29)24-11-4-6-23-7-5-11)14(9-22)18(25-19(16)27-26-10)13-3-2-12(28)8-15(13)21;/h2-3,8,11,23,28H,4-7H2,1H3,(H,24,29)(H,25,26,27);1H. The third-order valence-corrected chi connectivity index (χ3v) is 5.10. The molecule has 1 amide bonds. The lowest BCUT2D eigenvalue weighted by atomic mass is 9.96. The van der Waals surface area contributed by atoms with Crippen molar-refractivity contribution in [2.45, 2.75) is 25.8 Å². The Labute approximate surface area is 177 Å². The van der Waals surface area contributed by atoms with E-state index in [9.17, 15) is 19.6 Å². The van der Waals surface area contributed by atoms with Gasteiger partial charge in [-0.3, -0.25) is 9.89 Å². The highest BCUT2D eigenvalue weighted by molar-refractivity contribution is 6.10. The zero-order valence-electron chi connectivity index (χ0n) is 16.1. The number of aromatic amines is 1. The third kappa shape index (κ3) is 3.79. The van der Waals surface area contributed by atoms with Crippen LogP contribution in [0.3, 0.4) is 0 Å². The van der Waals surface area contributed by atoms with E-state index in [1.54, 1.807) is 6.92 Å². The summed E-state index contributed by atoms with van der Waals surface area (Å²) >= 11 is 0. The first-order chi connectivity index (χ1) is 14.0. The molecule has 3 heterocycles. The molecule has 30 heavy (non-hydrogen) atoms. The van der Waals surface area contributed by atoms with Crippen LogP contribution in [0.2, 0.25) is 0 Å². The van der Waals surface area contributed by atoms with Gasteiger partial charge in [-0.15, -0.1) is 12.4 Å². The molecule has 10 heteroatoms. The van der Waals surface area contributed by atoms with Gasteiger partial charge in [-0.05, 0) is 45.0 Å². The molecule has 1 aromatic carbocycles. The van der Waals surface area contributed by atoms with Crippen LogP contribution in [0.25, 0.3) is 22.3 Å². The number of nitrogens with zero attached hydrogens (tertiary/aromatic N) is 3. The molecule has 0 radical (unpaired) electrons. The van der Waals surface area contributed by atoms with E-state index in [4.69, 9.17) is 0 Å². The average Bonchev–Trinajstić information content (AvgIpc) is 3.08. The summed E-state index contributed by atoms with van der Waals surface area (Å²) in [5.41, 5.74) is 0.941. The van der Waals surface area contributed by atoms with Crippen molar-refractivity contribution in [1.29, 1.82) is 5.26 Å². The van der Waals surface area contributed by atoms with Gasteiger partial charge in [-0.2, -0.15) is 10.4 Å². The largest absolute Gasteiger partial charge is 0.508 e. The lowest BCUT2D eigenvalue weighted by molar-refractivity contribution is 0.0931. The van der Waals surface area contributed by atoms with Crippen molar-refractivity contribution < 1.29 is 14.3 Å². The summed E-state index contributed by atoms with van der Waals surface area (Å²) in [6.07, 6.45) is 1.57. The van der Waals surface area contributed by atoms with Crippen LogP contribution in [0.5, 0.6) is 5.75 Å². The molecule has 0 aliphatic carbocycles. The fraction of sp³-hybridized carbons (Fsp3) is 0.300. The molecule has 0 atom stereocenters. The van der Waals surface area contributed by atoms with Crippen LogP contribution in [0, 0.1) is 24.1 Å². The van der Waals surface area contributed by atoms with Gasteiger partial charge < -0.3 is 15.7 Å². The Morgan fingerprint density at radius 3 is 2.77 bits per heavy atom. The van der Waals surface area contributed by atoms with Crippen molar-refractivity contribution in [3.05, 3.63) is 40.8 Å². The van der Waals surface area contributed by atoms with Crippen LogP contribution in [0.15, 0.2) is 18.2 Å². The number of nitriles is 1. The first kappa shape index (κ1) is 21.5. The Bertz CT molecular complexity index is 1150. The second kappa shape index (κ2) is 8.65. The maximum Gasteiger partial charge on any atom is 0.253 e.